The largest absolute Gasteiger partial charge is 0.479 e. The van der Waals surface area contributed by atoms with E-state index in [1.807, 2.05) is 13.8 Å². The second-order valence-electron chi connectivity index (χ2n) is 6.61. The van der Waals surface area contributed by atoms with E-state index in [2.05, 4.69) is 5.32 Å². The van der Waals surface area contributed by atoms with E-state index in [1.54, 1.807) is 4.90 Å². The minimum absolute atomic E-state index is 0.00366. The van der Waals surface area contributed by atoms with Gasteiger partial charge in [0.05, 0.1) is 12.5 Å². The molecule has 130 valence electrons. The number of amides is 2. The molecule has 2 N–H and O–H groups in total. The lowest BCUT2D eigenvalue weighted by atomic mass is 9.92. The van der Waals surface area contributed by atoms with Crippen molar-refractivity contribution in [1.82, 2.24) is 10.2 Å². The highest BCUT2D eigenvalue weighted by molar-refractivity contribution is 5.89. The fourth-order valence-corrected chi connectivity index (χ4v) is 3.10. The van der Waals surface area contributed by atoms with Crippen LogP contribution in [-0.2, 0) is 19.1 Å². The molecule has 2 aliphatic rings. The van der Waals surface area contributed by atoms with Crippen molar-refractivity contribution in [1.29, 1.82) is 0 Å². The number of nitrogens with zero attached hydrogens (tertiary/aromatic N) is 1. The van der Waals surface area contributed by atoms with Crippen LogP contribution in [0, 0.1) is 11.8 Å². The van der Waals surface area contributed by atoms with Gasteiger partial charge < -0.3 is 20.1 Å². The number of carbonyl (C=O) groups is 3. The number of hydrogen-bond acceptors (Lipinski definition) is 4. The standard InChI is InChI=1S/C16H26N2O5/c1-3-11(2)14(20)18-7-4-5-12(9-18)13(19)17-16(15(21)22)6-8-23-10-16/h11-12H,3-10H2,1-2H3,(H,17,19)(H,21,22). The third kappa shape index (κ3) is 3.83. The zero-order valence-corrected chi connectivity index (χ0v) is 13.8. The third-order valence-corrected chi connectivity index (χ3v) is 4.93. The molecule has 0 aromatic heterocycles. The van der Waals surface area contributed by atoms with Crippen LogP contribution < -0.4 is 5.32 Å². The zero-order chi connectivity index (χ0) is 17.0. The van der Waals surface area contributed by atoms with Crippen LogP contribution in [-0.4, -0.2) is 59.6 Å². The van der Waals surface area contributed by atoms with Gasteiger partial charge in [-0.05, 0) is 19.3 Å². The molecule has 2 rings (SSSR count). The number of carbonyl (C=O) groups excluding carboxylic acids is 2. The summed E-state index contributed by atoms with van der Waals surface area (Å²) in [6.45, 7) is 5.21. The van der Waals surface area contributed by atoms with Gasteiger partial charge in [0.15, 0.2) is 5.54 Å². The highest BCUT2D eigenvalue weighted by atomic mass is 16.5. The van der Waals surface area contributed by atoms with E-state index in [9.17, 15) is 19.5 Å². The number of carboxylic acid groups (broad SMARTS) is 1. The molecule has 0 aromatic carbocycles. The monoisotopic (exact) mass is 326 g/mol. The Morgan fingerprint density at radius 2 is 2.17 bits per heavy atom. The molecule has 2 aliphatic heterocycles. The average molecular weight is 326 g/mol. The summed E-state index contributed by atoms with van der Waals surface area (Å²) < 4.78 is 5.16. The number of ether oxygens (including phenoxy) is 1. The Bertz CT molecular complexity index is 473. The molecule has 2 heterocycles. The molecule has 7 heteroatoms. The van der Waals surface area contributed by atoms with Crippen molar-refractivity contribution in [3.8, 4) is 0 Å². The summed E-state index contributed by atoms with van der Waals surface area (Å²) in [5.41, 5.74) is -1.32. The van der Waals surface area contributed by atoms with Gasteiger partial charge in [-0.25, -0.2) is 4.79 Å². The van der Waals surface area contributed by atoms with E-state index in [4.69, 9.17) is 4.74 Å². The molecule has 0 radical (unpaired) electrons. The summed E-state index contributed by atoms with van der Waals surface area (Å²) >= 11 is 0. The van der Waals surface area contributed by atoms with Crippen LogP contribution >= 0.6 is 0 Å². The van der Waals surface area contributed by atoms with Gasteiger partial charge in [0, 0.05) is 32.0 Å². The molecule has 2 saturated heterocycles. The maximum atomic E-state index is 12.5. The van der Waals surface area contributed by atoms with Gasteiger partial charge >= 0.3 is 5.97 Å². The number of likely N-dealkylation sites (tertiary alicyclic amines) is 1. The number of carboxylic acids is 1. The molecule has 2 fully saturated rings. The van der Waals surface area contributed by atoms with Crippen LogP contribution in [0.3, 0.4) is 0 Å². The summed E-state index contributed by atoms with van der Waals surface area (Å²) in [4.78, 5) is 38.0. The predicted molar refractivity (Wildman–Crippen MR) is 82.7 cm³/mol. The van der Waals surface area contributed by atoms with Crippen LogP contribution in [0.2, 0.25) is 0 Å². The van der Waals surface area contributed by atoms with Crippen molar-refractivity contribution in [2.24, 2.45) is 11.8 Å². The molecule has 0 aliphatic carbocycles. The molecular formula is C16H26N2O5. The Morgan fingerprint density at radius 3 is 2.74 bits per heavy atom. The first-order valence-electron chi connectivity index (χ1n) is 8.31. The maximum Gasteiger partial charge on any atom is 0.331 e. The normalized spacial score (nSPS) is 29.1. The lowest BCUT2D eigenvalue weighted by Crippen LogP contribution is -2.58. The van der Waals surface area contributed by atoms with Crippen molar-refractivity contribution in [3.05, 3.63) is 0 Å². The predicted octanol–water partition coefficient (Wildman–Crippen LogP) is 0.631. The van der Waals surface area contributed by atoms with Crippen LogP contribution in [0.5, 0.6) is 0 Å². The minimum Gasteiger partial charge on any atom is -0.479 e. The van der Waals surface area contributed by atoms with Crippen LogP contribution in [0.15, 0.2) is 0 Å². The second-order valence-corrected chi connectivity index (χ2v) is 6.61. The molecule has 2 amide bonds. The van der Waals surface area contributed by atoms with Gasteiger partial charge in [-0.3, -0.25) is 9.59 Å². The van der Waals surface area contributed by atoms with Crippen LogP contribution in [0.1, 0.15) is 39.5 Å². The quantitative estimate of drug-likeness (QED) is 0.772. The zero-order valence-electron chi connectivity index (χ0n) is 13.8. The Labute approximate surface area is 136 Å². The maximum absolute atomic E-state index is 12.5. The second kappa shape index (κ2) is 7.29. The number of rotatable bonds is 5. The van der Waals surface area contributed by atoms with E-state index < -0.39 is 11.5 Å². The lowest BCUT2D eigenvalue weighted by Gasteiger charge is -2.35. The summed E-state index contributed by atoms with van der Waals surface area (Å²) in [5, 5.41) is 12.1. The fourth-order valence-electron chi connectivity index (χ4n) is 3.10. The molecule has 0 spiro atoms. The molecule has 0 aromatic rings. The number of hydrogen-bond donors (Lipinski definition) is 2. The average Bonchev–Trinajstić information content (AvgIpc) is 3.03. The summed E-state index contributed by atoms with van der Waals surface area (Å²) in [6.07, 6.45) is 2.48. The van der Waals surface area contributed by atoms with Gasteiger partial charge in [-0.2, -0.15) is 0 Å². The summed E-state index contributed by atoms with van der Waals surface area (Å²) in [5.74, 6) is -1.69. The SMILES string of the molecule is CCC(C)C(=O)N1CCCC(C(=O)NC2(C(=O)O)CCOC2)C1. The Balaban J connectivity index is 1.99. The van der Waals surface area contributed by atoms with Gasteiger partial charge in [-0.1, -0.05) is 13.8 Å². The molecule has 0 saturated carbocycles. The molecule has 23 heavy (non-hydrogen) atoms. The van der Waals surface area contributed by atoms with Gasteiger partial charge in [0.25, 0.3) is 0 Å². The van der Waals surface area contributed by atoms with Crippen molar-refractivity contribution < 1.29 is 24.2 Å². The Hall–Kier alpha value is -1.63. The van der Waals surface area contributed by atoms with Crippen LogP contribution in [0.25, 0.3) is 0 Å². The van der Waals surface area contributed by atoms with Crippen molar-refractivity contribution >= 4 is 17.8 Å². The van der Waals surface area contributed by atoms with Gasteiger partial charge in [-0.15, -0.1) is 0 Å². The van der Waals surface area contributed by atoms with Crippen molar-refractivity contribution in [2.75, 3.05) is 26.3 Å². The van der Waals surface area contributed by atoms with Crippen molar-refractivity contribution in [2.45, 2.75) is 45.1 Å². The fraction of sp³-hybridized carbons (Fsp3) is 0.812. The van der Waals surface area contributed by atoms with Gasteiger partial charge in [0.1, 0.15) is 0 Å². The summed E-state index contributed by atoms with van der Waals surface area (Å²) in [7, 11) is 0. The molecule has 3 unspecified atom stereocenters. The topological polar surface area (TPSA) is 95.9 Å². The smallest absolute Gasteiger partial charge is 0.331 e. The van der Waals surface area contributed by atoms with Crippen molar-refractivity contribution in [3.63, 3.8) is 0 Å². The van der Waals surface area contributed by atoms with E-state index in [-0.39, 0.29) is 36.7 Å². The van der Waals surface area contributed by atoms with E-state index >= 15 is 0 Å². The van der Waals surface area contributed by atoms with E-state index in [0.717, 1.165) is 12.8 Å². The highest BCUT2D eigenvalue weighted by Crippen LogP contribution is 2.23. The highest BCUT2D eigenvalue weighted by Gasteiger charge is 2.45. The first kappa shape index (κ1) is 17.7. The molecule has 0 bridgehead atoms. The molecular weight excluding hydrogens is 300 g/mol. The van der Waals surface area contributed by atoms with Crippen LogP contribution in [0.4, 0.5) is 0 Å². The first-order chi connectivity index (χ1) is 10.9. The van der Waals surface area contributed by atoms with E-state index in [1.165, 1.54) is 0 Å². The molecule has 7 nitrogen and oxygen atoms in total. The Kier molecular flexibility index (Phi) is 5.62. The van der Waals surface area contributed by atoms with Gasteiger partial charge in [0.2, 0.25) is 11.8 Å². The minimum atomic E-state index is -1.32. The Morgan fingerprint density at radius 1 is 1.43 bits per heavy atom. The molecule has 3 atom stereocenters. The number of aliphatic carboxylic acids is 1. The first-order valence-corrected chi connectivity index (χ1v) is 8.31. The summed E-state index contributed by atoms with van der Waals surface area (Å²) in [6, 6.07) is 0. The van der Waals surface area contributed by atoms with E-state index in [0.29, 0.717) is 26.1 Å². The number of nitrogens with one attached hydrogen (secondary N) is 1. The lowest BCUT2D eigenvalue weighted by molar-refractivity contribution is -0.149. The third-order valence-electron chi connectivity index (χ3n) is 4.93. The number of piperidine rings is 1.